The molecule has 1 aromatic carbocycles. The molecule has 0 aromatic heterocycles. The summed E-state index contributed by atoms with van der Waals surface area (Å²) in [5.41, 5.74) is 1.89. The summed E-state index contributed by atoms with van der Waals surface area (Å²) in [7, 11) is 1.52. The number of nitriles is 1. The number of carbonyl (C=O) groups excluding carboxylic acids is 1. The van der Waals surface area contributed by atoms with E-state index in [2.05, 4.69) is 0 Å². The van der Waals surface area contributed by atoms with E-state index in [1.165, 1.54) is 13.2 Å². The highest BCUT2D eigenvalue weighted by Crippen LogP contribution is 2.09. The Kier molecular flexibility index (Phi) is 5.62. The maximum atomic E-state index is 11.6. The highest BCUT2D eigenvalue weighted by molar-refractivity contribution is 5.97. The van der Waals surface area contributed by atoms with Crippen molar-refractivity contribution in [2.24, 2.45) is 0 Å². The minimum absolute atomic E-state index is 0.0186. The van der Waals surface area contributed by atoms with E-state index in [0.29, 0.717) is 6.61 Å². The molecule has 0 heterocycles. The first kappa shape index (κ1) is 13.9. The van der Waals surface area contributed by atoms with Crippen LogP contribution in [0.5, 0.6) is 0 Å². The molecular weight excluding hydrogens is 230 g/mol. The van der Waals surface area contributed by atoms with E-state index in [4.69, 9.17) is 14.7 Å². The molecule has 0 fully saturated rings. The minimum Gasteiger partial charge on any atom is -0.459 e. The molecule has 0 aliphatic rings. The Bertz CT molecular complexity index is 469. The first-order valence-corrected chi connectivity index (χ1v) is 5.52. The van der Waals surface area contributed by atoms with E-state index in [9.17, 15) is 4.79 Å². The van der Waals surface area contributed by atoms with Gasteiger partial charge in [0.1, 0.15) is 18.2 Å². The van der Waals surface area contributed by atoms with Gasteiger partial charge in [-0.1, -0.05) is 29.8 Å². The number of esters is 1. The SMILES string of the molecule is COCCOC(=O)C(C#N)=Cc1ccc(C)cc1. The van der Waals surface area contributed by atoms with Crippen LogP contribution in [0.1, 0.15) is 11.1 Å². The van der Waals surface area contributed by atoms with Gasteiger partial charge in [-0.05, 0) is 18.6 Å². The zero-order valence-electron chi connectivity index (χ0n) is 10.5. The first-order valence-electron chi connectivity index (χ1n) is 5.52. The van der Waals surface area contributed by atoms with Crippen molar-refractivity contribution < 1.29 is 14.3 Å². The Morgan fingerprint density at radius 2 is 2.00 bits per heavy atom. The normalized spacial score (nSPS) is 10.8. The predicted octanol–water partition coefficient (Wildman–Crippen LogP) is 2.09. The highest BCUT2D eigenvalue weighted by Gasteiger charge is 2.10. The molecule has 0 radical (unpaired) electrons. The second kappa shape index (κ2) is 7.25. The second-order valence-electron chi connectivity index (χ2n) is 3.71. The summed E-state index contributed by atoms with van der Waals surface area (Å²) in [4.78, 5) is 11.6. The number of benzene rings is 1. The summed E-state index contributed by atoms with van der Waals surface area (Å²) in [6, 6.07) is 9.35. The van der Waals surface area contributed by atoms with Gasteiger partial charge in [0.15, 0.2) is 0 Å². The quantitative estimate of drug-likeness (QED) is 0.345. The third-order valence-corrected chi connectivity index (χ3v) is 2.25. The molecule has 4 heteroatoms. The van der Waals surface area contributed by atoms with Gasteiger partial charge in [-0.15, -0.1) is 0 Å². The molecule has 1 aromatic rings. The molecule has 18 heavy (non-hydrogen) atoms. The number of rotatable bonds is 5. The molecule has 0 saturated carbocycles. The number of methoxy groups -OCH3 is 1. The van der Waals surface area contributed by atoms with Gasteiger partial charge in [0.25, 0.3) is 0 Å². The Balaban J connectivity index is 2.74. The fourth-order valence-electron chi connectivity index (χ4n) is 1.26. The van der Waals surface area contributed by atoms with E-state index >= 15 is 0 Å². The maximum absolute atomic E-state index is 11.6. The molecular formula is C14H15NO3. The van der Waals surface area contributed by atoms with E-state index in [-0.39, 0.29) is 12.2 Å². The molecule has 4 nitrogen and oxygen atoms in total. The van der Waals surface area contributed by atoms with E-state index < -0.39 is 5.97 Å². The van der Waals surface area contributed by atoms with Crippen LogP contribution in [0.15, 0.2) is 29.8 Å². The second-order valence-corrected chi connectivity index (χ2v) is 3.71. The first-order chi connectivity index (χ1) is 8.67. The van der Waals surface area contributed by atoms with E-state index in [1.54, 1.807) is 0 Å². The standard InChI is InChI=1S/C14H15NO3/c1-11-3-5-12(6-4-11)9-13(10-15)14(16)18-8-7-17-2/h3-6,9H,7-8H2,1-2H3. The van der Waals surface area contributed by atoms with Crippen molar-refractivity contribution in [2.45, 2.75) is 6.92 Å². The lowest BCUT2D eigenvalue weighted by Crippen LogP contribution is -2.11. The number of nitrogens with zero attached hydrogens (tertiary/aromatic N) is 1. The third kappa shape index (κ3) is 4.40. The average molecular weight is 245 g/mol. The monoisotopic (exact) mass is 245 g/mol. The molecule has 0 amide bonds. The maximum Gasteiger partial charge on any atom is 0.348 e. The molecule has 0 N–H and O–H groups in total. The number of hydrogen-bond acceptors (Lipinski definition) is 4. The fourth-order valence-corrected chi connectivity index (χ4v) is 1.26. The minimum atomic E-state index is -0.630. The van der Waals surface area contributed by atoms with Crippen molar-refractivity contribution in [3.63, 3.8) is 0 Å². The van der Waals surface area contributed by atoms with E-state index in [1.807, 2.05) is 37.3 Å². The van der Waals surface area contributed by atoms with Crippen molar-refractivity contribution >= 4 is 12.0 Å². The Morgan fingerprint density at radius 3 is 2.56 bits per heavy atom. The van der Waals surface area contributed by atoms with Gasteiger partial charge in [0, 0.05) is 7.11 Å². The average Bonchev–Trinajstić information content (AvgIpc) is 2.38. The van der Waals surface area contributed by atoms with Gasteiger partial charge in [-0.3, -0.25) is 0 Å². The molecule has 0 spiro atoms. The van der Waals surface area contributed by atoms with Crippen molar-refractivity contribution in [1.82, 2.24) is 0 Å². The Hall–Kier alpha value is -2.12. The van der Waals surface area contributed by atoms with Crippen molar-refractivity contribution in [3.05, 3.63) is 41.0 Å². The Morgan fingerprint density at radius 1 is 1.33 bits per heavy atom. The molecule has 0 aliphatic heterocycles. The van der Waals surface area contributed by atoms with Crippen molar-refractivity contribution in [1.29, 1.82) is 5.26 Å². The van der Waals surface area contributed by atoms with Gasteiger partial charge >= 0.3 is 5.97 Å². The van der Waals surface area contributed by atoms with Gasteiger partial charge < -0.3 is 9.47 Å². The summed E-state index contributed by atoms with van der Waals surface area (Å²) in [5.74, 6) is -0.630. The molecule has 94 valence electrons. The van der Waals surface area contributed by atoms with Crippen LogP contribution in [0, 0.1) is 18.3 Å². The fraction of sp³-hybridized carbons (Fsp3) is 0.286. The summed E-state index contributed by atoms with van der Waals surface area (Å²) in [6.07, 6.45) is 1.51. The van der Waals surface area contributed by atoms with Gasteiger partial charge in [-0.2, -0.15) is 5.26 Å². The molecule has 0 bridgehead atoms. The van der Waals surface area contributed by atoms with Gasteiger partial charge in [0.2, 0.25) is 0 Å². The summed E-state index contributed by atoms with van der Waals surface area (Å²) in [6.45, 7) is 2.43. The number of carbonyl (C=O) groups is 1. The number of hydrogen-bond donors (Lipinski definition) is 0. The van der Waals surface area contributed by atoms with Crippen LogP contribution in [-0.4, -0.2) is 26.3 Å². The topological polar surface area (TPSA) is 59.3 Å². The van der Waals surface area contributed by atoms with Crippen molar-refractivity contribution in [2.75, 3.05) is 20.3 Å². The van der Waals surface area contributed by atoms with Crippen molar-refractivity contribution in [3.8, 4) is 6.07 Å². The number of ether oxygens (including phenoxy) is 2. The summed E-state index contributed by atoms with van der Waals surface area (Å²) >= 11 is 0. The number of aryl methyl sites for hydroxylation is 1. The zero-order chi connectivity index (χ0) is 13.4. The molecule has 0 aliphatic carbocycles. The van der Waals surface area contributed by atoms with Crippen LogP contribution in [0.4, 0.5) is 0 Å². The largest absolute Gasteiger partial charge is 0.459 e. The lowest BCUT2D eigenvalue weighted by atomic mass is 10.1. The van der Waals surface area contributed by atoms with Crippen LogP contribution in [0.2, 0.25) is 0 Å². The third-order valence-electron chi connectivity index (χ3n) is 2.25. The molecule has 0 unspecified atom stereocenters. The van der Waals surface area contributed by atoms with Gasteiger partial charge in [0.05, 0.1) is 6.61 Å². The molecule has 0 saturated heterocycles. The highest BCUT2D eigenvalue weighted by atomic mass is 16.6. The molecule has 0 atom stereocenters. The molecule has 1 rings (SSSR count). The zero-order valence-corrected chi connectivity index (χ0v) is 10.5. The Labute approximate surface area is 106 Å². The lowest BCUT2D eigenvalue weighted by Gasteiger charge is -2.02. The van der Waals surface area contributed by atoms with E-state index in [0.717, 1.165) is 11.1 Å². The smallest absolute Gasteiger partial charge is 0.348 e. The summed E-state index contributed by atoms with van der Waals surface area (Å²) in [5, 5.41) is 8.92. The van der Waals surface area contributed by atoms with Gasteiger partial charge in [-0.25, -0.2) is 4.79 Å². The van der Waals surface area contributed by atoms with Crippen LogP contribution in [0.3, 0.4) is 0 Å². The van der Waals surface area contributed by atoms with Crippen LogP contribution in [-0.2, 0) is 14.3 Å². The van der Waals surface area contributed by atoms with Crippen LogP contribution < -0.4 is 0 Å². The predicted molar refractivity (Wildman–Crippen MR) is 67.6 cm³/mol. The lowest BCUT2D eigenvalue weighted by molar-refractivity contribution is -0.139. The van der Waals surface area contributed by atoms with Crippen LogP contribution in [0.25, 0.3) is 6.08 Å². The van der Waals surface area contributed by atoms with Crippen LogP contribution >= 0.6 is 0 Å². The summed E-state index contributed by atoms with van der Waals surface area (Å²) < 4.78 is 9.63.